The molecule has 2 heterocycles. The van der Waals surface area contributed by atoms with Gasteiger partial charge in [-0.15, -0.1) is 0 Å². The fourth-order valence-corrected chi connectivity index (χ4v) is 5.14. The van der Waals surface area contributed by atoms with Crippen molar-refractivity contribution in [3.8, 4) is 5.75 Å². The van der Waals surface area contributed by atoms with Crippen molar-refractivity contribution in [2.45, 2.75) is 12.5 Å². The number of rotatable bonds is 8. The highest BCUT2D eigenvalue weighted by atomic mass is 35.5. The minimum Gasteiger partial charge on any atom is -0.497 e. The van der Waals surface area contributed by atoms with Crippen LogP contribution in [0.15, 0.2) is 72.8 Å². The Labute approximate surface area is 236 Å². The molecular formula is C30H28ClN3O6. The smallest absolute Gasteiger partial charge is 0.338 e. The van der Waals surface area contributed by atoms with Gasteiger partial charge in [0.05, 0.1) is 30.8 Å². The van der Waals surface area contributed by atoms with Crippen LogP contribution in [0.1, 0.15) is 27.1 Å². The first-order chi connectivity index (χ1) is 19.3. The van der Waals surface area contributed by atoms with E-state index in [0.717, 1.165) is 18.8 Å². The van der Waals surface area contributed by atoms with Gasteiger partial charge in [-0.25, -0.2) is 9.69 Å². The summed E-state index contributed by atoms with van der Waals surface area (Å²) in [6.07, 6.45) is 0.104. The quantitative estimate of drug-likeness (QED) is 0.232. The van der Waals surface area contributed by atoms with Crippen LogP contribution in [0.25, 0.3) is 0 Å². The molecule has 0 bridgehead atoms. The molecule has 0 aromatic heterocycles. The van der Waals surface area contributed by atoms with Crippen LogP contribution < -0.4 is 14.5 Å². The number of anilines is 2. The van der Waals surface area contributed by atoms with Crippen molar-refractivity contribution >= 4 is 46.5 Å². The molecule has 2 aliphatic rings. The third-order valence-electron chi connectivity index (χ3n) is 7.16. The molecule has 3 aromatic rings. The second-order valence-corrected chi connectivity index (χ2v) is 10.0. The predicted molar refractivity (Wildman–Crippen MR) is 150 cm³/mol. The molecule has 0 N–H and O–H groups in total. The number of esters is 1. The molecule has 0 saturated carbocycles. The van der Waals surface area contributed by atoms with Gasteiger partial charge in [0, 0.05) is 42.5 Å². The lowest BCUT2D eigenvalue weighted by atomic mass is 10.1. The zero-order valence-corrected chi connectivity index (χ0v) is 22.7. The van der Waals surface area contributed by atoms with E-state index < -0.39 is 18.6 Å². The second-order valence-electron chi connectivity index (χ2n) is 9.56. The van der Waals surface area contributed by atoms with E-state index in [1.807, 2.05) is 29.2 Å². The summed E-state index contributed by atoms with van der Waals surface area (Å²) < 4.78 is 10.2. The second kappa shape index (κ2) is 11.9. The number of carbonyl (C=O) groups excluding carboxylic acids is 4. The van der Waals surface area contributed by atoms with Gasteiger partial charge >= 0.3 is 5.97 Å². The molecule has 0 spiro atoms. The Balaban J connectivity index is 1.16. The van der Waals surface area contributed by atoms with E-state index in [1.54, 1.807) is 24.3 Å². The van der Waals surface area contributed by atoms with E-state index in [-0.39, 0.29) is 29.6 Å². The van der Waals surface area contributed by atoms with Crippen LogP contribution in [0.3, 0.4) is 0 Å². The first kappa shape index (κ1) is 27.4. The number of carbonyl (C=O) groups is 4. The molecule has 9 nitrogen and oxygen atoms in total. The van der Waals surface area contributed by atoms with E-state index in [0.29, 0.717) is 35.1 Å². The largest absolute Gasteiger partial charge is 0.497 e. The number of Topliss-reactive ketones (excluding diaryl/α,β-unsaturated/α-hetero) is 1. The molecule has 5 rings (SSSR count). The van der Waals surface area contributed by atoms with Crippen LogP contribution in [0.2, 0.25) is 5.02 Å². The zero-order chi connectivity index (χ0) is 28.2. The van der Waals surface area contributed by atoms with Crippen molar-refractivity contribution < 1.29 is 28.7 Å². The summed E-state index contributed by atoms with van der Waals surface area (Å²) in [5, 5.41) is 0.675. The highest BCUT2D eigenvalue weighted by molar-refractivity contribution is 6.30. The topological polar surface area (TPSA) is 96.5 Å². The maximum Gasteiger partial charge on any atom is 0.338 e. The van der Waals surface area contributed by atoms with E-state index in [1.165, 1.54) is 36.3 Å². The summed E-state index contributed by atoms with van der Waals surface area (Å²) in [6.45, 7) is 2.31. The van der Waals surface area contributed by atoms with Gasteiger partial charge in [-0.05, 0) is 66.7 Å². The predicted octanol–water partition coefficient (Wildman–Crippen LogP) is 3.84. The Hall–Kier alpha value is -4.21. The van der Waals surface area contributed by atoms with Crippen molar-refractivity contribution in [3.05, 3.63) is 88.9 Å². The Kier molecular flexibility index (Phi) is 8.14. The van der Waals surface area contributed by atoms with Crippen LogP contribution in [0, 0.1) is 0 Å². The molecule has 1 atom stereocenters. The van der Waals surface area contributed by atoms with Gasteiger partial charge in [-0.3, -0.25) is 19.3 Å². The third kappa shape index (κ3) is 5.85. The van der Waals surface area contributed by atoms with Gasteiger partial charge in [0.2, 0.25) is 5.91 Å². The third-order valence-corrected chi connectivity index (χ3v) is 7.39. The molecule has 2 fully saturated rings. The molecule has 2 saturated heterocycles. The van der Waals surface area contributed by atoms with E-state index in [9.17, 15) is 19.2 Å². The van der Waals surface area contributed by atoms with Gasteiger partial charge in [0.25, 0.3) is 5.91 Å². The Morgan fingerprint density at radius 3 is 2.20 bits per heavy atom. The van der Waals surface area contributed by atoms with Gasteiger partial charge in [0.15, 0.2) is 12.4 Å². The fourth-order valence-electron chi connectivity index (χ4n) is 4.96. The Morgan fingerprint density at radius 1 is 0.875 bits per heavy atom. The molecule has 10 heteroatoms. The van der Waals surface area contributed by atoms with Gasteiger partial charge in [-0.2, -0.15) is 0 Å². The van der Waals surface area contributed by atoms with Gasteiger partial charge < -0.3 is 14.4 Å². The average molecular weight is 562 g/mol. The molecule has 1 unspecified atom stereocenters. The molecule has 206 valence electrons. The summed E-state index contributed by atoms with van der Waals surface area (Å²) in [4.78, 5) is 56.4. The van der Waals surface area contributed by atoms with Crippen LogP contribution in [-0.4, -0.2) is 74.4 Å². The molecule has 40 heavy (non-hydrogen) atoms. The lowest BCUT2D eigenvalue weighted by molar-refractivity contribution is -0.123. The summed E-state index contributed by atoms with van der Waals surface area (Å²) in [5.74, 6) is -0.969. The van der Waals surface area contributed by atoms with E-state index >= 15 is 0 Å². The number of amides is 2. The number of imide groups is 1. The number of ether oxygens (including phenoxy) is 2. The lowest BCUT2D eigenvalue weighted by Crippen LogP contribution is -2.52. The summed E-state index contributed by atoms with van der Waals surface area (Å²) in [5.41, 5.74) is 2.03. The maximum atomic E-state index is 13.3. The zero-order valence-electron chi connectivity index (χ0n) is 21.9. The van der Waals surface area contributed by atoms with Crippen LogP contribution >= 0.6 is 11.6 Å². The minimum absolute atomic E-state index is 0.104. The average Bonchev–Trinajstić information content (AvgIpc) is 3.29. The first-order valence-electron chi connectivity index (χ1n) is 12.9. The molecule has 2 amide bonds. The van der Waals surface area contributed by atoms with Gasteiger partial charge in [0.1, 0.15) is 5.75 Å². The van der Waals surface area contributed by atoms with Gasteiger partial charge in [-0.1, -0.05) is 17.7 Å². The van der Waals surface area contributed by atoms with E-state index in [4.69, 9.17) is 21.1 Å². The number of ketones is 1. The van der Waals surface area contributed by atoms with Crippen LogP contribution in [0.5, 0.6) is 5.75 Å². The van der Waals surface area contributed by atoms with Crippen molar-refractivity contribution in [2.75, 3.05) is 49.7 Å². The number of nitrogens with zero attached hydrogens (tertiary/aromatic N) is 3. The Bertz CT molecular complexity index is 1420. The summed E-state index contributed by atoms with van der Waals surface area (Å²) in [7, 11) is 1.53. The number of halogens is 1. The van der Waals surface area contributed by atoms with Crippen LogP contribution in [0.4, 0.5) is 11.4 Å². The summed E-state index contributed by atoms with van der Waals surface area (Å²) >= 11 is 6.13. The standard InChI is InChI=1S/C30H28ClN3O6/c1-39-25-11-7-20(8-12-25)27(35)19-40-30(38)21-5-9-23(10-6-21)34-28(36)18-26(29(34)37)33-15-13-32(14-16-33)24-4-2-3-22(31)17-24/h2-12,17,26H,13-16,18-19H2,1H3. The monoisotopic (exact) mass is 561 g/mol. The molecule has 3 aromatic carbocycles. The van der Waals surface area contributed by atoms with Crippen molar-refractivity contribution in [1.29, 1.82) is 0 Å². The Morgan fingerprint density at radius 2 is 1.55 bits per heavy atom. The van der Waals surface area contributed by atoms with Crippen LogP contribution in [-0.2, 0) is 14.3 Å². The number of hydrogen-bond donors (Lipinski definition) is 0. The number of hydrogen-bond acceptors (Lipinski definition) is 8. The maximum absolute atomic E-state index is 13.3. The van der Waals surface area contributed by atoms with Crippen molar-refractivity contribution in [1.82, 2.24) is 4.90 Å². The van der Waals surface area contributed by atoms with Crippen molar-refractivity contribution in [3.63, 3.8) is 0 Å². The number of methoxy groups -OCH3 is 1. The van der Waals surface area contributed by atoms with E-state index in [2.05, 4.69) is 4.90 Å². The first-order valence-corrected chi connectivity index (χ1v) is 13.3. The number of piperazine rings is 1. The fraction of sp³-hybridized carbons (Fsp3) is 0.267. The lowest BCUT2D eigenvalue weighted by Gasteiger charge is -2.38. The van der Waals surface area contributed by atoms with Crippen molar-refractivity contribution in [2.24, 2.45) is 0 Å². The molecular weight excluding hydrogens is 534 g/mol. The highest BCUT2D eigenvalue weighted by Crippen LogP contribution is 2.28. The molecule has 0 aliphatic carbocycles. The SMILES string of the molecule is COc1ccc(C(=O)COC(=O)c2ccc(N3C(=O)CC(N4CCN(c5cccc(Cl)c5)CC4)C3=O)cc2)cc1. The highest BCUT2D eigenvalue weighted by Gasteiger charge is 2.43. The normalized spacial score (nSPS) is 17.7. The number of benzene rings is 3. The molecule has 2 aliphatic heterocycles. The summed E-state index contributed by atoms with van der Waals surface area (Å²) in [6, 6.07) is 19.7. The minimum atomic E-state index is -0.678. The molecule has 0 radical (unpaired) electrons.